The van der Waals surface area contributed by atoms with E-state index in [0.29, 0.717) is 6.42 Å². The second-order valence-corrected chi connectivity index (χ2v) is 7.11. The third-order valence-corrected chi connectivity index (χ3v) is 4.48. The van der Waals surface area contributed by atoms with Crippen LogP contribution in [-0.2, 0) is 20.9 Å². The summed E-state index contributed by atoms with van der Waals surface area (Å²) in [5.74, 6) is -0.310. The van der Waals surface area contributed by atoms with Crippen LogP contribution < -0.4 is 15.8 Å². The molecule has 1 aromatic heterocycles. The number of halogens is 1. The Morgan fingerprint density at radius 1 is 1.56 bits per heavy atom. The zero-order chi connectivity index (χ0) is 19.6. The number of nitrogens with zero attached hydrogens (tertiary/aromatic N) is 3. The van der Waals surface area contributed by atoms with E-state index in [-0.39, 0.29) is 35.8 Å². The fourth-order valence-electron chi connectivity index (χ4n) is 2.68. The van der Waals surface area contributed by atoms with Crippen LogP contribution in [0, 0.1) is 5.82 Å². The maximum Gasteiger partial charge on any atom is 0.333 e. The lowest BCUT2D eigenvalue weighted by molar-refractivity contribution is 0.241. The molecule has 0 aliphatic heterocycles. The number of fused-ring (bicyclic) bond motifs is 1. The minimum absolute atomic E-state index is 0.00776. The lowest BCUT2D eigenvalue weighted by Gasteiger charge is -2.31. The Balaban J connectivity index is 1.66. The van der Waals surface area contributed by atoms with E-state index >= 15 is 0 Å². The van der Waals surface area contributed by atoms with Gasteiger partial charge in [0.05, 0.1) is 12.1 Å². The Kier molecular flexibility index (Phi) is 5.25. The van der Waals surface area contributed by atoms with Gasteiger partial charge in [0.15, 0.2) is 11.5 Å². The fraction of sp³-hybridized carbons (Fsp3) is 0.357. The number of aromatic nitrogens is 2. The summed E-state index contributed by atoms with van der Waals surface area (Å²) in [5.41, 5.74) is 1.79. The Morgan fingerprint density at radius 3 is 3.04 bits per heavy atom. The Labute approximate surface area is 153 Å². The van der Waals surface area contributed by atoms with Gasteiger partial charge in [0.1, 0.15) is 5.82 Å². The van der Waals surface area contributed by atoms with Gasteiger partial charge < -0.3 is 15.8 Å². The first-order valence-electron chi connectivity index (χ1n) is 7.81. The largest absolute Gasteiger partial charge is 0.409 e. The van der Waals surface area contributed by atoms with Crippen molar-refractivity contribution in [2.45, 2.75) is 25.5 Å². The van der Waals surface area contributed by atoms with Crippen LogP contribution >= 0.6 is 0 Å². The van der Waals surface area contributed by atoms with Crippen LogP contribution in [0.5, 0.6) is 0 Å². The van der Waals surface area contributed by atoms with Gasteiger partial charge in [-0.25, -0.2) is 14.2 Å². The summed E-state index contributed by atoms with van der Waals surface area (Å²) < 4.78 is 44.4. The molecule has 0 saturated heterocycles. The molecule has 27 heavy (non-hydrogen) atoms. The van der Waals surface area contributed by atoms with Gasteiger partial charge in [0.25, 0.3) is 0 Å². The number of nitrogens with two attached hydrogens (primary N) is 1. The predicted molar refractivity (Wildman–Crippen MR) is 90.7 cm³/mol. The van der Waals surface area contributed by atoms with E-state index in [9.17, 15) is 18.0 Å². The fourth-order valence-corrected chi connectivity index (χ4v) is 3.20. The van der Waals surface area contributed by atoms with Crippen molar-refractivity contribution in [1.82, 2.24) is 15.6 Å². The molecule has 2 atom stereocenters. The maximum absolute atomic E-state index is 13.4. The molecule has 13 heteroatoms. The van der Waals surface area contributed by atoms with E-state index in [1.54, 1.807) is 6.07 Å². The van der Waals surface area contributed by atoms with Crippen LogP contribution in [0.15, 0.2) is 28.0 Å². The van der Waals surface area contributed by atoms with Crippen molar-refractivity contribution < 1.29 is 26.8 Å². The molecule has 1 aromatic carbocycles. The summed E-state index contributed by atoms with van der Waals surface area (Å²) in [6.07, 6.45) is -0.185. The molecular weight excluding hydrogens is 383 g/mol. The van der Waals surface area contributed by atoms with Crippen molar-refractivity contribution >= 4 is 22.0 Å². The van der Waals surface area contributed by atoms with E-state index in [1.807, 2.05) is 0 Å². The zero-order valence-electron chi connectivity index (χ0n) is 14.1. The highest BCUT2D eigenvalue weighted by molar-refractivity contribution is 7.84. The first-order chi connectivity index (χ1) is 12.8. The number of rotatable bonds is 7. The van der Waals surface area contributed by atoms with E-state index < -0.39 is 16.4 Å². The molecule has 5 N–H and O–H groups in total. The van der Waals surface area contributed by atoms with E-state index in [0.717, 1.165) is 11.1 Å². The molecule has 0 saturated carbocycles. The molecule has 2 aromatic rings. The van der Waals surface area contributed by atoms with Crippen molar-refractivity contribution in [2.24, 2.45) is 10.3 Å². The number of hydrogen-bond acceptors (Lipinski definition) is 9. The Hall–Kier alpha value is -2.77. The van der Waals surface area contributed by atoms with Crippen LogP contribution in [0.1, 0.15) is 29.8 Å². The molecule has 0 radical (unpaired) electrons. The lowest BCUT2D eigenvalue weighted by Crippen LogP contribution is -2.37. The topological polar surface area (TPSA) is 165 Å². The molecule has 1 aliphatic rings. The molecule has 1 heterocycles. The van der Waals surface area contributed by atoms with Gasteiger partial charge in [0, 0.05) is 6.54 Å². The molecule has 3 rings (SSSR count). The summed E-state index contributed by atoms with van der Waals surface area (Å²) in [4.78, 5) is 0. The highest BCUT2D eigenvalue weighted by Gasteiger charge is 2.29. The third-order valence-electron chi connectivity index (χ3n) is 3.89. The minimum Gasteiger partial charge on any atom is -0.409 e. The predicted octanol–water partition coefficient (Wildman–Crippen LogP) is 0.252. The molecule has 146 valence electrons. The van der Waals surface area contributed by atoms with Gasteiger partial charge in [0.2, 0.25) is 5.82 Å². The Bertz CT molecular complexity index is 963. The second kappa shape index (κ2) is 7.46. The van der Waals surface area contributed by atoms with Gasteiger partial charge in [-0.1, -0.05) is 11.2 Å². The number of benzene rings is 1. The Morgan fingerprint density at radius 2 is 2.33 bits per heavy atom. The number of anilines is 1. The average molecular weight is 400 g/mol. The zero-order valence-corrected chi connectivity index (χ0v) is 14.9. The van der Waals surface area contributed by atoms with E-state index in [1.165, 1.54) is 19.1 Å². The van der Waals surface area contributed by atoms with Crippen LogP contribution in [0.2, 0.25) is 0 Å². The van der Waals surface area contributed by atoms with Crippen molar-refractivity contribution in [3.05, 3.63) is 40.8 Å². The van der Waals surface area contributed by atoms with Crippen molar-refractivity contribution in [2.75, 3.05) is 11.9 Å². The summed E-state index contributed by atoms with van der Waals surface area (Å²) in [5, 5.41) is 30.3. The average Bonchev–Trinajstić information content (AvgIpc) is 3.03. The number of oxime groups is 1. The number of nitrogens with one attached hydrogen (secondary N) is 2. The summed E-state index contributed by atoms with van der Waals surface area (Å²) in [7, 11) is -4.10. The molecule has 0 amide bonds. The van der Waals surface area contributed by atoms with Gasteiger partial charge >= 0.3 is 10.3 Å². The van der Waals surface area contributed by atoms with Crippen molar-refractivity contribution in [3.63, 3.8) is 0 Å². The first kappa shape index (κ1) is 19.0. The van der Waals surface area contributed by atoms with Crippen LogP contribution in [0.25, 0.3) is 0 Å². The van der Waals surface area contributed by atoms with Gasteiger partial charge in [-0.15, -0.1) is 0 Å². The smallest absolute Gasteiger partial charge is 0.333 e. The van der Waals surface area contributed by atoms with Crippen molar-refractivity contribution in [3.8, 4) is 0 Å². The van der Waals surface area contributed by atoms with Gasteiger partial charge in [-0.2, -0.15) is 8.42 Å². The van der Waals surface area contributed by atoms with Crippen molar-refractivity contribution in [1.29, 1.82) is 0 Å². The molecule has 11 nitrogen and oxygen atoms in total. The monoisotopic (exact) mass is 400 g/mol. The molecule has 0 bridgehead atoms. The van der Waals surface area contributed by atoms with E-state index in [4.69, 9.17) is 5.14 Å². The highest BCUT2D eigenvalue weighted by Crippen LogP contribution is 2.33. The molecule has 0 unspecified atom stereocenters. The standard InChI is InChI=1S/C14H17FN6O5S/c1-7(25-27(16,23)24)6-17-13-12(20-26-21-13)14(19-22)18-11-4-8-2-3-9(15)5-10(8)11/h2-3,5,7,11,22H,4,6H2,1H3,(H,17,21)(H,18,19)(H2,16,23,24)/t7-,11-/m0/s1. The maximum atomic E-state index is 13.4. The lowest BCUT2D eigenvalue weighted by atomic mass is 9.83. The SMILES string of the molecule is C[C@@H](CNc1nonc1/C(=N/O)N[C@H]1Cc2ccc(F)cc21)OS(N)(=O)=O. The van der Waals surface area contributed by atoms with Crippen LogP contribution in [0.4, 0.5) is 10.2 Å². The van der Waals surface area contributed by atoms with Gasteiger partial charge in [-0.3, -0.25) is 4.18 Å². The van der Waals surface area contributed by atoms with E-state index in [2.05, 4.69) is 34.9 Å². The number of hydrogen-bond donors (Lipinski definition) is 4. The quantitative estimate of drug-likeness (QED) is 0.221. The first-order valence-corrected chi connectivity index (χ1v) is 9.28. The number of amidine groups is 1. The molecular formula is C14H17FN6O5S. The van der Waals surface area contributed by atoms with Gasteiger partial charge in [-0.05, 0) is 46.9 Å². The molecule has 0 fully saturated rings. The summed E-state index contributed by atoms with van der Waals surface area (Å²) in [6.45, 7) is 1.48. The van der Waals surface area contributed by atoms with Crippen LogP contribution in [0.3, 0.4) is 0 Å². The molecule has 0 spiro atoms. The third kappa shape index (κ3) is 4.50. The minimum atomic E-state index is -4.10. The molecule has 1 aliphatic carbocycles. The summed E-state index contributed by atoms with van der Waals surface area (Å²) >= 11 is 0. The normalized spacial score (nSPS) is 17.7. The summed E-state index contributed by atoms with van der Waals surface area (Å²) in [6, 6.07) is 4.20. The highest BCUT2D eigenvalue weighted by atomic mass is 32.2. The van der Waals surface area contributed by atoms with Crippen LogP contribution in [-0.4, -0.2) is 42.4 Å². The second-order valence-electron chi connectivity index (χ2n) is 5.93.